The number of fused-ring (bicyclic) bond motifs is 2. The third kappa shape index (κ3) is 3.16. The Morgan fingerprint density at radius 2 is 2.00 bits per heavy atom. The fourth-order valence-electron chi connectivity index (χ4n) is 2.42. The molecule has 0 unspecified atom stereocenters. The van der Waals surface area contributed by atoms with Crippen LogP contribution in [-0.4, -0.2) is 18.5 Å². The van der Waals surface area contributed by atoms with Gasteiger partial charge in [0.25, 0.3) is 0 Å². The van der Waals surface area contributed by atoms with Crippen LogP contribution in [0.2, 0.25) is 0 Å². The molecule has 0 aliphatic heterocycles. The van der Waals surface area contributed by atoms with Gasteiger partial charge in [0.1, 0.15) is 5.75 Å². The first-order valence-electron chi connectivity index (χ1n) is 7.56. The molecule has 3 aromatic rings. The fourth-order valence-corrected chi connectivity index (χ4v) is 3.58. The Bertz CT molecular complexity index is 1060. The standard InChI is InChI=1S/C19H14O5S/c1-3-16(20)24-14-7-5-6-13-17(21)12-9-8-11(19(22)23-4-2)10-15(12)25-18(13)14/h3,5-10H,1,4H2,2H3. The average Bonchev–Trinajstić information content (AvgIpc) is 2.62. The first-order valence-corrected chi connectivity index (χ1v) is 8.37. The summed E-state index contributed by atoms with van der Waals surface area (Å²) in [7, 11) is 0. The summed E-state index contributed by atoms with van der Waals surface area (Å²) < 4.78 is 11.4. The summed E-state index contributed by atoms with van der Waals surface area (Å²) in [5, 5.41) is 0.952. The van der Waals surface area contributed by atoms with E-state index in [1.54, 1.807) is 43.3 Å². The van der Waals surface area contributed by atoms with Gasteiger partial charge in [-0.25, -0.2) is 9.59 Å². The van der Waals surface area contributed by atoms with E-state index in [-0.39, 0.29) is 17.8 Å². The lowest BCUT2D eigenvalue weighted by Crippen LogP contribution is -2.07. The molecule has 0 radical (unpaired) electrons. The number of rotatable bonds is 4. The molecule has 0 saturated carbocycles. The first-order chi connectivity index (χ1) is 12.0. The first kappa shape index (κ1) is 16.9. The maximum atomic E-state index is 12.7. The van der Waals surface area contributed by atoms with E-state index < -0.39 is 11.9 Å². The number of esters is 2. The molecule has 0 amide bonds. The van der Waals surface area contributed by atoms with Crippen molar-refractivity contribution in [2.45, 2.75) is 6.92 Å². The third-order valence-corrected chi connectivity index (χ3v) is 4.73. The summed E-state index contributed by atoms with van der Waals surface area (Å²) in [6.45, 7) is 5.37. The van der Waals surface area contributed by atoms with Crippen molar-refractivity contribution in [3.63, 3.8) is 0 Å². The van der Waals surface area contributed by atoms with E-state index >= 15 is 0 Å². The second kappa shape index (κ2) is 6.86. The molecule has 1 aromatic heterocycles. The van der Waals surface area contributed by atoms with E-state index in [0.29, 0.717) is 25.7 Å². The smallest absolute Gasteiger partial charge is 0.338 e. The molecule has 0 saturated heterocycles. The molecule has 25 heavy (non-hydrogen) atoms. The number of ether oxygens (including phenoxy) is 2. The zero-order valence-electron chi connectivity index (χ0n) is 13.4. The van der Waals surface area contributed by atoms with Gasteiger partial charge in [-0.3, -0.25) is 4.79 Å². The molecule has 1 heterocycles. The van der Waals surface area contributed by atoms with E-state index in [0.717, 1.165) is 6.08 Å². The van der Waals surface area contributed by atoms with Crippen LogP contribution in [0, 0.1) is 0 Å². The SMILES string of the molecule is C=CC(=O)Oc1cccc2c(=O)c3ccc(C(=O)OCC)cc3sc12. The molecule has 0 N–H and O–H groups in total. The average molecular weight is 354 g/mol. The minimum Gasteiger partial charge on any atom is -0.462 e. The van der Waals surface area contributed by atoms with Gasteiger partial charge >= 0.3 is 11.9 Å². The van der Waals surface area contributed by atoms with Crippen LogP contribution in [0.1, 0.15) is 17.3 Å². The van der Waals surface area contributed by atoms with Crippen molar-refractivity contribution in [2.24, 2.45) is 0 Å². The monoisotopic (exact) mass is 354 g/mol. The summed E-state index contributed by atoms with van der Waals surface area (Å²) in [4.78, 5) is 36.2. The lowest BCUT2D eigenvalue weighted by atomic mass is 10.1. The van der Waals surface area contributed by atoms with E-state index in [1.165, 1.54) is 11.3 Å². The molecule has 5 nitrogen and oxygen atoms in total. The number of benzene rings is 2. The Labute approximate surface area is 147 Å². The maximum absolute atomic E-state index is 12.7. The van der Waals surface area contributed by atoms with E-state index in [1.807, 2.05) is 0 Å². The zero-order valence-corrected chi connectivity index (χ0v) is 14.2. The van der Waals surface area contributed by atoms with Gasteiger partial charge in [0.15, 0.2) is 5.43 Å². The van der Waals surface area contributed by atoms with E-state index in [2.05, 4.69) is 6.58 Å². The Morgan fingerprint density at radius 3 is 2.72 bits per heavy atom. The summed E-state index contributed by atoms with van der Waals surface area (Å²) in [6.07, 6.45) is 1.06. The minimum atomic E-state index is -0.604. The van der Waals surface area contributed by atoms with Crippen LogP contribution in [-0.2, 0) is 9.53 Å². The van der Waals surface area contributed by atoms with Gasteiger partial charge in [-0.15, -0.1) is 11.3 Å². The van der Waals surface area contributed by atoms with Gasteiger partial charge in [0.05, 0.1) is 16.9 Å². The highest BCUT2D eigenvalue weighted by Gasteiger charge is 2.14. The molecule has 0 fully saturated rings. The van der Waals surface area contributed by atoms with Crippen molar-refractivity contribution in [2.75, 3.05) is 6.61 Å². The number of hydrogen-bond acceptors (Lipinski definition) is 6. The van der Waals surface area contributed by atoms with Gasteiger partial charge in [-0.2, -0.15) is 0 Å². The highest BCUT2D eigenvalue weighted by Crippen LogP contribution is 2.32. The molecular formula is C19H14O5S. The number of hydrogen-bond donors (Lipinski definition) is 0. The van der Waals surface area contributed by atoms with Crippen molar-refractivity contribution in [1.82, 2.24) is 0 Å². The van der Waals surface area contributed by atoms with Crippen molar-refractivity contribution in [1.29, 1.82) is 0 Å². The van der Waals surface area contributed by atoms with Crippen LogP contribution < -0.4 is 10.2 Å². The molecule has 0 bridgehead atoms. The van der Waals surface area contributed by atoms with Crippen molar-refractivity contribution in [3.05, 3.63) is 64.8 Å². The minimum absolute atomic E-state index is 0.185. The van der Waals surface area contributed by atoms with Crippen LogP contribution >= 0.6 is 11.3 Å². The Balaban J connectivity index is 2.25. The quantitative estimate of drug-likeness (QED) is 0.309. The topological polar surface area (TPSA) is 69.7 Å². The predicted molar refractivity (Wildman–Crippen MR) is 97.4 cm³/mol. The lowest BCUT2D eigenvalue weighted by Gasteiger charge is -2.07. The van der Waals surface area contributed by atoms with Gasteiger partial charge in [0.2, 0.25) is 0 Å². The molecule has 0 atom stereocenters. The van der Waals surface area contributed by atoms with Gasteiger partial charge < -0.3 is 9.47 Å². The van der Waals surface area contributed by atoms with E-state index in [9.17, 15) is 14.4 Å². The highest BCUT2D eigenvalue weighted by atomic mass is 32.1. The van der Waals surface area contributed by atoms with Crippen molar-refractivity contribution < 1.29 is 19.1 Å². The molecule has 0 aliphatic carbocycles. The van der Waals surface area contributed by atoms with E-state index in [4.69, 9.17) is 9.47 Å². The highest BCUT2D eigenvalue weighted by molar-refractivity contribution is 7.24. The normalized spacial score (nSPS) is 10.6. The molecule has 126 valence electrons. The summed E-state index contributed by atoms with van der Waals surface area (Å²) >= 11 is 1.27. The predicted octanol–water partition coefficient (Wildman–Crippen LogP) is 3.68. The summed E-state index contributed by atoms with van der Waals surface area (Å²) in [6, 6.07) is 9.74. The van der Waals surface area contributed by atoms with Crippen molar-refractivity contribution in [3.8, 4) is 5.75 Å². The molecule has 6 heteroatoms. The largest absolute Gasteiger partial charge is 0.462 e. The molecule has 0 aliphatic rings. The fraction of sp³-hybridized carbons (Fsp3) is 0.105. The van der Waals surface area contributed by atoms with Crippen LogP contribution in [0.5, 0.6) is 5.75 Å². The molecule has 0 spiro atoms. The van der Waals surface area contributed by atoms with Crippen LogP contribution in [0.15, 0.2) is 53.8 Å². The number of carbonyl (C=O) groups is 2. The second-order valence-corrected chi connectivity index (χ2v) is 6.17. The number of carbonyl (C=O) groups excluding carboxylic acids is 2. The van der Waals surface area contributed by atoms with Crippen LogP contribution in [0.25, 0.3) is 20.2 Å². The van der Waals surface area contributed by atoms with Crippen LogP contribution in [0.3, 0.4) is 0 Å². The Morgan fingerprint density at radius 1 is 1.20 bits per heavy atom. The molecule has 3 rings (SSSR count). The maximum Gasteiger partial charge on any atom is 0.338 e. The van der Waals surface area contributed by atoms with Gasteiger partial charge in [-0.1, -0.05) is 12.6 Å². The lowest BCUT2D eigenvalue weighted by molar-refractivity contribution is -0.128. The van der Waals surface area contributed by atoms with Gasteiger partial charge in [0, 0.05) is 21.5 Å². The summed E-state index contributed by atoms with van der Waals surface area (Å²) in [5.74, 6) is -0.768. The third-order valence-electron chi connectivity index (χ3n) is 3.55. The zero-order chi connectivity index (χ0) is 18.0. The summed E-state index contributed by atoms with van der Waals surface area (Å²) in [5.41, 5.74) is 0.181. The Kier molecular flexibility index (Phi) is 4.63. The molecule has 2 aromatic carbocycles. The van der Waals surface area contributed by atoms with Gasteiger partial charge in [-0.05, 0) is 37.3 Å². The Hall–Kier alpha value is -2.99. The molecular weight excluding hydrogens is 340 g/mol. The van der Waals surface area contributed by atoms with Crippen molar-refractivity contribution >= 4 is 43.4 Å². The van der Waals surface area contributed by atoms with Crippen LogP contribution in [0.4, 0.5) is 0 Å². The second-order valence-electron chi connectivity index (χ2n) is 5.12.